The molecule has 2 unspecified atom stereocenters. The minimum atomic E-state index is -1.50. The van der Waals surface area contributed by atoms with Crippen molar-refractivity contribution in [3.8, 4) is 0 Å². The first kappa shape index (κ1) is 26.2. The molecule has 0 heterocycles. The molecule has 0 saturated carbocycles. The standard InChI is InChI=1S/C22H37N4O5P/c1-6-10-22(27)24-16-19-11-12-21(26(28)29)20(15-19)18(5)31-32(30-17-23-9-4)25(13-7-2)14-8-3/h11-12,15,17-18H,6-10,13-14,16H2,1-5H3,(H,24,27)/b23-17+/i1D. The van der Waals surface area contributed by atoms with Crippen LogP contribution in [-0.4, -0.2) is 41.5 Å². The lowest BCUT2D eigenvalue weighted by Gasteiger charge is -2.29. The minimum absolute atomic E-state index is 0.0403. The fraction of sp³-hybridized carbons (Fsp3) is 0.636. The van der Waals surface area contributed by atoms with Gasteiger partial charge in [0, 0.05) is 40.0 Å². The van der Waals surface area contributed by atoms with Crippen LogP contribution in [0.4, 0.5) is 5.69 Å². The zero-order chi connectivity index (χ0) is 24.6. The molecule has 2 atom stereocenters. The van der Waals surface area contributed by atoms with Crippen LogP contribution in [0, 0.1) is 10.1 Å². The summed E-state index contributed by atoms with van der Waals surface area (Å²) in [5.74, 6) is -0.145. The van der Waals surface area contributed by atoms with Gasteiger partial charge in [0.25, 0.3) is 5.69 Å². The average Bonchev–Trinajstić information content (AvgIpc) is 2.80. The van der Waals surface area contributed by atoms with Crippen molar-refractivity contribution in [3.63, 3.8) is 0 Å². The Balaban J connectivity index is 3.09. The summed E-state index contributed by atoms with van der Waals surface area (Å²) in [6.07, 6.45) is 3.41. The zero-order valence-corrected chi connectivity index (χ0v) is 20.5. The largest absolute Gasteiger partial charge is 0.425 e. The third-order valence-electron chi connectivity index (χ3n) is 4.46. The number of nitro benzene ring substituents is 1. The molecule has 0 bridgehead atoms. The van der Waals surface area contributed by atoms with Crippen LogP contribution in [0.2, 0.25) is 0 Å². The number of rotatable bonds is 16. The SMILES string of the molecule is [2H]CCCC(=O)NCc1ccc([N+](=O)[O-])c(C(C)OP(O/C=N/CC)N(CCC)CCC)c1. The lowest BCUT2D eigenvalue weighted by Crippen LogP contribution is -2.23. The van der Waals surface area contributed by atoms with Gasteiger partial charge in [-0.25, -0.2) is 4.67 Å². The molecule has 0 spiro atoms. The Bertz CT molecular complexity index is 762. The van der Waals surface area contributed by atoms with Crippen molar-refractivity contribution in [3.05, 3.63) is 39.4 Å². The fourth-order valence-corrected chi connectivity index (χ4v) is 4.52. The lowest BCUT2D eigenvalue weighted by molar-refractivity contribution is -0.386. The van der Waals surface area contributed by atoms with Gasteiger partial charge in [0.15, 0.2) is 6.40 Å². The maximum Gasteiger partial charge on any atom is 0.322 e. The van der Waals surface area contributed by atoms with E-state index in [1.165, 1.54) is 12.5 Å². The van der Waals surface area contributed by atoms with Crippen LogP contribution < -0.4 is 5.32 Å². The molecule has 1 rings (SSSR count). The predicted molar refractivity (Wildman–Crippen MR) is 129 cm³/mol. The van der Waals surface area contributed by atoms with Gasteiger partial charge in [0.2, 0.25) is 5.91 Å². The predicted octanol–water partition coefficient (Wildman–Crippen LogP) is 5.50. The number of aliphatic imine (C=N–C) groups is 1. The van der Waals surface area contributed by atoms with Crippen LogP contribution in [0.1, 0.15) is 78.9 Å². The van der Waals surface area contributed by atoms with Crippen molar-refractivity contribution in [1.29, 1.82) is 0 Å². The molecule has 0 fully saturated rings. The molecule has 0 radical (unpaired) electrons. The number of hydrogen-bond acceptors (Lipinski definition) is 7. The van der Waals surface area contributed by atoms with Gasteiger partial charge >= 0.3 is 8.53 Å². The van der Waals surface area contributed by atoms with E-state index in [0.29, 0.717) is 18.5 Å². The summed E-state index contributed by atoms with van der Waals surface area (Å²) in [6.45, 7) is 10.4. The third-order valence-corrected chi connectivity index (χ3v) is 6.09. The molecule has 0 aliphatic heterocycles. The van der Waals surface area contributed by atoms with Crippen molar-refractivity contribution in [2.75, 3.05) is 19.6 Å². The van der Waals surface area contributed by atoms with E-state index in [2.05, 4.69) is 28.8 Å². The molecule has 32 heavy (non-hydrogen) atoms. The number of hydrogen-bond donors (Lipinski definition) is 1. The number of nitrogens with one attached hydrogen (secondary N) is 1. The fourth-order valence-electron chi connectivity index (χ4n) is 2.95. The van der Waals surface area contributed by atoms with Gasteiger partial charge in [-0.05, 0) is 44.7 Å². The highest BCUT2D eigenvalue weighted by Crippen LogP contribution is 2.47. The quantitative estimate of drug-likeness (QED) is 0.113. The number of amides is 1. The molecule has 0 aliphatic rings. The van der Waals surface area contributed by atoms with Gasteiger partial charge in [0.1, 0.15) is 0 Å². The maximum absolute atomic E-state index is 11.9. The molecular weight excluding hydrogens is 431 g/mol. The molecule has 1 aromatic carbocycles. The van der Waals surface area contributed by atoms with E-state index < -0.39 is 19.6 Å². The lowest BCUT2D eigenvalue weighted by atomic mass is 10.0. The van der Waals surface area contributed by atoms with E-state index in [4.69, 9.17) is 10.4 Å². The van der Waals surface area contributed by atoms with Crippen molar-refractivity contribution < 1.29 is 20.1 Å². The highest BCUT2D eigenvalue weighted by Gasteiger charge is 2.28. The molecule has 0 aliphatic carbocycles. The maximum atomic E-state index is 11.9. The monoisotopic (exact) mass is 469 g/mol. The van der Waals surface area contributed by atoms with Crippen molar-refractivity contribution >= 4 is 26.5 Å². The van der Waals surface area contributed by atoms with Crippen LogP contribution in [0.15, 0.2) is 23.2 Å². The van der Waals surface area contributed by atoms with Crippen molar-refractivity contribution in [1.82, 2.24) is 9.99 Å². The minimum Gasteiger partial charge on any atom is -0.425 e. The molecular formula is C22H37N4O5P. The summed E-state index contributed by atoms with van der Waals surface area (Å²) in [6, 6.07) is 4.77. The van der Waals surface area contributed by atoms with Gasteiger partial charge in [-0.3, -0.25) is 19.9 Å². The first-order valence-corrected chi connectivity index (χ1v) is 12.2. The van der Waals surface area contributed by atoms with Crippen molar-refractivity contribution in [2.24, 2.45) is 4.99 Å². The number of benzene rings is 1. The molecule has 180 valence electrons. The average molecular weight is 470 g/mol. The van der Waals surface area contributed by atoms with Gasteiger partial charge in [-0.15, -0.1) is 0 Å². The van der Waals surface area contributed by atoms with Crippen LogP contribution in [0.3, 0.4) is 0 Å². The van der Waals surface area contributed by atoms with Crippen LogP contribution in [-0.2, 0) is 20.4 Å². The van der Waals surface area contributed by atoms with Crippen LogP contribution in [0.5, 0.6) is 0 Å². The van der Waals surface area contributed by atoms with Gasteiger partial charge in [0.05, 0.1) is 16.6 Å². The zero-order valence-electron chi connectivity index (χ0n) is 20.6. The van der Waals surface area contributed by atoms with Crippen LogP contribution >= 0.6 is 8.53 Å². The second-order valence-electron chi connectivity index (χ2n) is 7.18. The summed E-state index contributed by atoms with van der Waals surface area (Å²) >= 11 is 0. The van der Waals surface area contributed by atoms with E-state index in [9.17, 15) is 14.9 Å². The Morgan fingerprint density at radius 3 is 2.66 bits per heavy atom. The first-order chi connectivity index (χ1) is 15.9. The van der Waals surface area contributed by atoms with Crippen molar-refractivity contribution in [2.45, 2.75) is 72.9 Å². The number of carbonyl (C=O) groups excluding carboxylic acids is 1. The Kier molecular flexibility index (Phi) is 12.8. The van der Waals surface area contributed by atoms with Gasteiger partial charge in [-0.1, -0.05) is 26.8 Å². The molecule has 0 saturated heterocycles. The Hall–Kier alpha value is -2.09. The molecule has 1 amide bonds. The molecule has 9 nitrogen and oxygen atoms in total. The third kappa shape index (κ3) is 9.59. The highest BCUT2D eigenvalue weighted by molar-refractivity contribution is 7.45. The number of carbonyl (C=O) groups is 1. The molecule has 1 N–H and O–H groups in total. The highest BCUT2D eigenvalue weighted by atomic mass is 31.2. The first-order valence-electron chi connectivity index (χ1n) is 11.8. The van der Waals surface area contributed by atoms with Gasteiger partial charge < -0.3 is 14.4 Å². The molecule has 0 aromatic heterocycles. The number of nitrogens with zero attached hydrogens (tertiary/aromatic N) is 3. The Labute approximate surface area is 194 Å². The van der Waals surface area contributed by atoms with E-state index in [1.54, 1.807) is 19.1 Å². The summed E-state index contributed by atoms with van der Waals surface area (Å²) in [7, 11) is -1.50. The Morgan fingerprint density at radius 2 is 2.06 bits per heavy atom. The van der Waals surface area contributed by atoms with E-state index in [1.807, 2.05) is 6.92 Å². The van der Waals surface area contributed by atoms with E-state index in [-0.39, 0.29) is 31.5 Å². The summed E-state index contributed by atoms with van der Waals surface area (Å²) in [5.41, 5.74) is 1.12. The van der Waals surface area contributed by atoms with Crippen LogP contribution in [0.25, 0.3) is 0 Å². The Morgan fingerprint density at radius 1 is 1.34 bits per heavy atom. The number of nitro groups is 1. The second kappa shape index (κ2) is 15.7. The summed E-state index contributed by atoms with van der Waals surface area (Å²) < 4.78 is 21.3. The van der Waals surface area contributed by atoms with E-state index in [0.717, 1.165) is 31.5 Å². The molecule has 10 heteroatoms. The topological polar surface area (TPSA) is 106 Å². The normalized spacial score (nSPS) is 13.7. The smallest absolute Gasteiger partial charge is 0.322 e. The summed E-state index contributed by atoms with van der Waals surface area (Å²) in [4.78, 5) is 27.2. The second-order valence-corrected chi connectivity index (χ2v) is 8.64. The summed E-state index contributed by atoms with van der Waals surface area (Å²) in [5, 5.41) is 14.5. The van der Waals surface area contributed by atoms with E-state index >= 15 is 0 Å². The van der Waals surface area contributed by atoms with Gasteiger partial charge in [-0.2, -0.15) is 0 Å². The molecule has 1 aromatic rings.